The smallest absolute Gasteiger partial charge is 0.277 e. The molecular weight excluding hydrogens is 370 g/mol. The molecule has 0 saturated carbocycles. The maximum Gasteiger partial charge on any atom is 0.277 e. The van der Waals surface area contributed by atoms with E-state index in [1.165, 1.54) is 5.56 Å². The molecule has 0 saturated heterocycles. The SMILES string of the molecule is CCc1ccc(OCC(=O)N/N=C(\C)c2ccc(N)cc2)c(Br)c1. The van der Waals surface area contributed by atoms with E-state index in [9.17, 15) is 4.79 Å². The van der Waals surface area contributed by atoms with E-state index >= 15 is 0 Å². The molecule has 0 atom stereocenters. The third-order valence-corrected chi connectivity index (χ3v) is 4.06. The van der Waals surface area contributed by atoms with Gasteiger partial charge >= 0.3 is 0 Å². The van der Waals surface area contributed by atoms with Crippen molar-refractivity contribution in [3.05, 3.63) is 58.1 Å². The molecule has 5 nitrogen and oxygen atoms in total. The van der Waals surface area contributed by atoms with Crippen LogP contribution in [0.15, 0.2) is 52.0 Å². The van der Waals surface area contributed by atoms with E-state index in [-0.39, 0.29) is 12.5 Å². The number of hydrogen-bond donors (Lipinski definition) is 2. The van der Waals surface area contributed by atoms with Gasteiger partial charge in [0, 0.05) is 5.69 Å². The summed E-state index contributed by atoms with van der Waals surface area (Å²) in [6, 6.07) is 13.1. The van der Waals surface area contributed by atoms with Gasteiger partial charge in [0.1, 0.15) is 5.75 Å². The Morgan fingerprint density at radius 2 is 1.96 bits per heavy atom. The molecule has 0 radical (unpaired) electrons. The number of carbonyl (C=O) groups excluding carboxylic acids is 1. The standard InChI is InChI=1S/C18H20BrN3O2/c1-3-13-4-9-17(16(19)10-13)24-11-18(23)22-21-12(2)14-5-7-15(20)8-6-14/h4-10H,3,11,20H2,1-2H3,(H,22,23)/b21-12+. The number of hydrazone groups is 1. The Hall–Kier alpha value is -2.34. The molecule has 2 aromatic rings. The lowest BCUT2D eigenvalue weighted by Crippen LogP contribution is -2.25. The molecule has 24 heavy (non-hydrogen) atoms. The average molecular weight is 390 g/mol. The molecule has 0 heterocycles. The summed E-state index contributed by atoms with van der Waals surface area (Å²) in [4.78, 5) is 11.9. The van der Waals surface area contributed by atoms with Crippen LogP contribution in [-0.4, -0.2) is 18.2 Å². The van der Waals surface area contributed by atoms with Gasteiger partial charge in [0.05, 0.1) is 10.2 Å². The van der Waals surface area contributed by atoms with Crippen LogP contribution in [0, 0.1) is 0 Å². The summed E-state index contributed by atoms with van der Waals surface area (Å²) >= 11 is 3.44. The second-order valence-corrected chi connectivity index (χ2v) is 6.12. The molecule has 1 amide bonds. The molecule has 0 spiro atoms. The molecule has 0 unspecified atom stereocenters. The highest BCUT2D eigenvalue weighted by molar-refractivity contribution is 9.10. The molecular formula is C18H20BrN3O2. The number of nitrogens with zero attached hydrogens (tertiary/aromatic N) is 1. The molecule has 0 fully saturated rings. The lowest BCUT2D eigenvalue weighted by molar-refractivity contribution is -0.123. The number of nitrogens with one attached hydrogen (secondary N) is 1. The Kier molecular flexibility index (Phi) is 6.37. The van der Waals surface area contributed by atoms with Gasteiger partial charge in [-0.1, -0.05) is 25.1 Å². The van der Waals surface area contributed by atoms with Crippen molar-refractivity contribution in [1.82, 2.24) is 5.43 Å². The third-order valence-electron chi connectivity index (χ3n) is 3.44. The molecule has 3 N–H and O–H groups in total. The minimum absolute atomic E-state index is 0.109. The van der Waals surface area contributed by atoms with Gasteiger partial charge < -0.3 is 10.5 Å². The number of carbonyl (C=O) groups is 1. The zero-order valence-electron chi connectivity index (χ0n) is 13.7. The van der Waals surface area contributed by atoms with Crippen molar-refractivity contribution in [2.45, 2.75) is 20.3 Å². The Morgan fingerprint density at radius 3 is 2.58 bits per heavy atom. The van der Waals surface area contributed by atoms with E-state index in [4.69, 9.17) is 10.5 Å². The largest absolute Gasteiger partial charge is 0.483 e. The number of nitrogens with two attached hydrogens (primary N) is 1. The molecule has 0 aliphatic rings. The van der Waals surface area contributed by atoms with E-state index in [1.54, 1.807) is 12.1 Å². The van der Waals surface area contributed by atoms with Gasteiger partial charge in [-0.25, -0.2) is 5.43 Å². The second-order valence-electron chi connectivity index (χ2n) is 5.26. The minimum atomic E-state index is -0.323. The van der Waals surface area contributed by atoms with Crippen molar-refractivity contribution in [3.63, 3.8) is 0 Å². The Balaban J connectivity index is 1.89. The van der Waals surface area contributed by atoms with Crippen LogP contribution in [0.5, 0.6) is 5.75 Å². The van der Waals surface area contributed by atoms with Crippen LogP contribution in [0.4, 0.5) is 5.69 Å². The van der Waals surface area contributed by atoms with Crippen molar-refractivity contribution in [2.75, 3.05) is 12.3 Å². The van der Waals surface area contributed by atoms with Crippen LogP contribution in [0.25, 0.3) is 0 Å². The summed E-state index contributed by atoms with van der Waals surface area (Å²) in [6.45, 7) is 3.78. The van der Waals surface area contributed by atoms with Gasteiger partial charge in [0.25, 0.3) is 5.91 Å². The van der Waals surface area contributed by atoms with Crippen molar-refractivity contribution < 1.29 is 9.53 Å². The fraction of sp³-hybridized carbons (Fsp3) is 0.222. The number of nitrogen functional groups attached to an aromatic ring is 1. The van der Waals surface area contributed by atoms with Crippen molar-refractivity contribution in [3.8, 4) is 5.75 Å². The number of amides is 1. The zero-order chi connectivity index (χ0) is 17.5. The van der Waals surface area contributed by atoms with Gasteiger partial charge in [0.15, 0.2) is 6.61 Å². The monoisotopic (exact) mass is 389 g/mol. The molecule has 2 aromatic carbocycles. The minimum Gasteiger partial charge on any atom is -0.483 e. The van der Waals surface area contributed by atoms with Crippen molar-refractivity contribution in [2.24, 2.45) is 5.10 Å². The highest BCUT2D eigenvalue weighted by Crippen LogP contribution is 2.26. The number of halogens is 1. The van der Waals surface area contributed by atoms with E-state index in [0.717, 1.165) is 16.5 Å². The number of anilines is 1. The second kappa shape index (κ2) is 8.49. The first kappa shape index (κ1) is 18.0. The van der Waals surface area contributed by atoms with E-state index < -0.39 is 0 Å². The number of rotatable bonds is 6. The molecule has 126 valence electrons. The maximum atomic E-state index is 11.9. The quantitative estimate of drug-likeness (QED) is 0.450. The van der Waals surface area contributed by atoms with Crippen molar-refractivity contribution >= 4 is 33.2 Å². The summed E-state index contributed by atoms with van der Waals surface area (Å²) in [5.74, 6) is 0.304. The van der Waals surface area contributed by atoms with Gasteiger partial charge in [0.2, 0.25) is 0 Å². The van der Waals surface area contributed by atoms with E-state index in [2.05, 4.69) is 33.4 Å². The fourth-order valence-corrected chi connectivity index (χ4v) is 2.53. The molecule has 6 heteroatoms. The Morgan fingerprint density at radius 1 is 1.25 bits per heavy atom. The van der Waals surface area contributed by atoms with Gasteiger partial charge in [-0.3, -0.25) is 4.79 Å². The van der Waals surface area contributed by atoms with Crippen LogP contribution in [0.3, 0.4) is 0 Å². The normalized spacial score (nSPS) is 11.2. The molecule has 0 aromatic heterocycles. The number of benzene rings is 2. The van der Waals surface area contributed by atoms with E-state index in [0.29, 0.717) is 17.1 Å². The fourth-order valence-electron chi connectivity index (χ4n) is 1.99. The van der Waals surface area contributed by atoms with E-state index in [1.807, 2.05) is 37.3 Å². The number of hydrogen-bond acceptors (Lipinski definition) is 4. The predicted octanol–water partition coefficient (Wildman–Crippen LogP) is 3.51. The first-order chi connectivity index (χ1) is 11.5. The molecule has 2 rings (SSSR count). The number of ether oxygens (including phenoxy) is 1. The summed E-state index contributed by atoms with van der Waals surface area (Å²) in [7, 11) is 0. The topological polar surface area (TPSA) is 76.7 Å². The van der Waals surface area contributed by atoms with Crippen LogP contribution in [0.1, 0.15) is 25.0 Å². The average Bonchev–Trinajstić information content (AvgIpc) is 2.59. The highest BCUT2D eigenvalue weighted by atomic mass is 79.9. The van der Waals surface area contributed by atoms with Crippen LogP contribution < -0.4 is 15.9 Å². The first-order valence-electron chi connectivity index (χ1n) is 7.60. The summed E-state index contributed by atoms with van der Waals surface area (Å²) in [5.41, 5.74) is 11.6. The maximum absolute atomic E-state index is 11.9. The first-order valence-corrected chi connectivity index (χ1v) is 8.39. The summed E-state index contributed by atoms with van der Waals surface area (Å²) in [5, 5.41) is 4.07. The van der Waals surface area contributed by atoms with Crippen molar-refractivity contribution in [1.29, 1.82) is 0 Å². The zero-order valence-corrected chi connectivity index (χ0v) is 15.3. The molecule has 0 bridgehead atoms. The third kappa shape index (κ3) is 5.09. The highest BCUT2D eigenvalue weighted by Gasteiger charge is 2.06. The number of aryl methyl sites for hydroxylation is 1. The van der Waals surface area contributed by atoms with Crippen LogP contribution in [-0.2, 0) is 11.2 Å². The predicted molar refractivity (Wildman–Crippen MR) is 100 cm³/mol. The summed E-state index contributed by atoms with van der Waals surface area (Å²) in [6.07, 6.45) is 0.943. The lowest BCUT2D eigenvalue weighted by Gasteiger charge is -2.09. The van der Waals surface area contributed by atoms with Gasteiger partial charge in [-0.15, -0.1) is 0 Å². The Bertz CT molecular complexity index is 742. The Labute approximate surface area is 150 Å². The summed E-state index contributed by atoms with van der Waals surface area (Å²) < 4.78 is 6.34. The molecule has 0 aliphatic heterocycles. The van der Waals surface area contributed by atoms with Crippen LogP contribution in [0.2, 0.25) is 0 Å². The lowest BCUT2D eigenvalue weighted by atomic mass is 10.1. The van der Waals surface area contributed by atoms with Gasteiger partial charge in [-0.05, 0) is 64.7 Å². The van der Waals surface area contributed by atoms with Gasteiger partial charge in [-0.2, -0.15) is 5.10 Å². The van der Waals surface area contributed by atoms with Crippen LogP contribution >= 0.6 is 15.9 Å². The molecule has 0 aliphatic carbocycles.